The van der Waals surface area contributed by atoms with Gasteiger partial charge in [0.15, 0.2) is 5.96 Å². The number of carbonyl (C=O) groups excluding carboxylic acids is 1. The lowest BCUT2D eigenvalue weighted by atomic mass is 10.2. The maximum Gasteiger partial charge on any atom is 0.254 e. The van der Waals surface area contributed by atoms with Gasteiger partial charge < -0.3 is 20.1 Å². The van der Waals surface area contributed by atoms with Crippen molar-refractivity contribution in [3.05, 3.63) is 58.6 Å². The van der Waals surface area contributed by atoms with Crippen molar-refractivity contribution in [3.63, 3.8) is 0 Å². The number of aliphatic imine (C=N–C) groups is 1. The Hall–Kier alpha value is -1.81. The predicted octanol–water partition coefficient (Wildman–Crippen LogP) is 2.87. The minimum Gasteiger partial charge on any atom is -0.354 e. The van der Waals surface area contributed by atoms with Gasteiger partial charge in [-0.25, -0.2) is 4.39 Å². The molecule has 0 saturated heterocycles. The topological polar surface area (TPSA) is 61.7 Å². The fourth-order valence-electron chi connectivity index (χ4n) is 2.52. The molecule has 27 heavy (non-hydrogen) atoms. The Balaban J connectivity index is 0.00000364. The number of guanidine groups is 1. The van der Waals surface area contributed by atoms with Gasteiger partial charge in [-0.2, -0.15) is 0 Å². The van der Waals surface area contributed by atoms with Crippen LogP contribution in [0.25, 0.3) is 0 Å². The minimum absolute atomic E-state index is 0. The molecule has 0 aliphatic heterocycles. The van der Waals surface area contributed by atoms with Crippen LogP contribution in [0.2, 0.25) is 5.02 Å². The molecule has 0 spiro atoms. The summed E-state index contributed by atoms with van der Waals surface area (Å²) in [6.07, 6.45) is 1.85. The summed E-state index contributed by atoms with van der Waals surface area (Å²) >= 11 is 6.00. The average Bonchev–Trinajstić information content (AvgIpc) is 2.92. The lowest BCUT2D eigenvalue weighted by molar-refractivity contribution is 0.0950. The Morgan fingerprint density at radius 3 is 2.56 bits per heavy atom. The summed E-state index contributed by atoms with van der Waals surface area (Å²) in [5.41, 5.74) is 1.09. The zero-order chi connectivity index (χ0) is 19.1. The molecule has 0 bridgehead atoms. The normalized spacial score (nSPS) is 10.9. The third kappa shape index (κ3) is 6.69. The summed E-state index contributed by atoms with van der Waals surface area (Å²) in [6.45, 7) is 1.44. The maximum absolute atomic E-state index is 13.6. The van der Waals surface area contributed by atoms with E-state index in [2.05, 4.69) is 15.6 Å². The van der Waals surface area contributed by atoms with E-state index in [0.29, 0.717) is 30.6 Å². The molecule has 0 atom stereocenters. The fourth-order valence-corrected chi connectivity index (χ4v) is 2.79. The van der Waals surface area contributed by atoms with Gasteiger partial charge in [0.2, 0.25) is 0 Å². The van der Waals surface area contributed by atoms with Gasteiger partial charge in [0.05, 0.1) is 17.1 Å². The summed E-state index contributed by atoms with van der Waals surface area (Å²) in [4.78, 5) is 18.1. The molecule has 0 aliphatic carbocycles. The van der Waals surface area contributed by atoms with Crippen LogP contribution in [0, 0.1) is 5.82 Å². The molecule has 0 aliphatic rings. The van der Waals surface area contributed by atoms with E-state index in [-0.39, 0.29) is 29.5 Å². The Kier molecular flexibility index (Phi) is 9.57. The van der Waals surface area contributed by atoms with Gasteiger partial charge >= 0.3 is 0 Å². The third-order valence-corrected chi connectivity index (χ3v) is 4.07. The first-order valence-electron chi connectivity index (χ1n) is 8.17. The van der Waals surface area contributed by atoms with Crippen LogP contribution in [-0.2, 0) is 13.6 Å². The summed E-state index contributed by atoms with van der Waals surface area (Å²) in [5.74, 6) is -0.288. The SMILES string of the molecule is CN=C(NCCNC(=O)c1ccccc1F)N(C)Cc1cc(Cl)cn1C.I. The summed E-state index contributed by atoms with van der Waals surface area (Å²) < 4.78 is 15.5. The highest BCUT2D eigenvalue weighted by Crippen LogP contribution is 2.14. The van der Waals surface area contributed by atoms with E-state index in [9.17, 15) is 9.18 Å². The number of benzene rings is 1. The molecule has 1 amide bonds. The van der Waals surface area contributed by atoms with E-state index in [4.69, 9.17) is 11.6 Å². The van der Waals surface area contributed by atoms with Crippen molar-refractivity contribution in [1.29, 1.82) is 0 Å². The van der Waals surface area contributed by atoms with Crippen molar-refractivity contribution in [3.8, 4) is 0 Å². The lowest BCUT2D eigenvalue weighted by Crippen LogP contribution is -2.42. The van der Waals surface area contributed by atoms with Crippen LogP contribution in [0.15, 0.2) is 41.5 Å². The Morgan fingerprint density at radius 2 is 1.96 bits per heavy atom. The highest BCUT2D eigenvalue weighted by atomic mass is 127. The van der Waals surface area contributed by atoms with E-state index in [1.54, 1.807) is 19.2 Å². The van der Waals surface area contributed by atoms with Gasteiger partial charge in [-0.05, 0) is 18.2 Å². The first-order chi connectivity index (χ1) is 12.4. The predicted molar refractivity (Wildman–Crippen MR) is 117 cm³/mol. The molecular weight excluding hydrogens is 484 g/mol. The van der Waals surface area contributed by atoms with Crippen molar-refractivity contribution >= 4 is 47.4 Å². The lowest BCUT2D eigenvalue weighted by Gasteiger charge is -2.22. The molecule has 2 N–H and O–H groups in total. The minimum atomic E-state index is -0.533. The van der Waals surface area contributed by atoms with Crippen LogP contribution in [0.5, 0.6) is 0 Å². The monoisotopic (exact) mass is 507 g/mol. The largest absolute Gasteiger partial charge is 0.354 e. The molecule has 0 saturated carbocycles. The van der Waals surface area contributed by atoms with E-state index in [1.165, 1.54) is 12.1 Å². The highest BCUT2D eigenvalue weighted by Gasteiger charge is 2.11. The average molecular weight is 508 g/mol. The first-order valence-corrected chi connectivity index (χ1v) is 8.55. The fraction of sp³-hybridized carbons (Fsp3) is 0.333. The number of nitrogens with one attached hydrogen (secondary N) is 2. The molecule has 0 radical (unpaired) electrons. The van der Waals surface area contributed by atoms with Crippen molar-refractivity contribution in [2.24, 2.45) is 12.0 Å². The van der Waals surface area contributed by atoms with Gasteiger partial charge in [-0.1, -0.05) is 23.7 Å². The number of carbonyl (C=O) groups is 1. The number of nitrogens with zero attached hydrogens (tertiary/aromatic N) is 3. The van der Waals surface area contributed by atoms with E-state index in [0.717, 1.165) is 5.69 Å². The number of aryl methyl sites for hydroxylation is 1. The Morgan fingerprint density at radius 1 is 1.30 bits per heavy atom. The smallest absolute Gasteiger partial charge is 0.254 e. The second-order valence-corrected chi connectivity index (χ2v) is 6.26. The molecule has 2 rings (SSSR count). The molecule has 0 fully saturated rings. The second kappa shape index (κ2) is 11.1. The van der Waals surface area contributed by atoms with Crippen LogP contribution < -0.4 is 10.6 Å². The van der Waals surface area contributed by atoms with Gasteiger partial charge in [-0.15, -0.1) is 24.0 Å². The molecular formula is C18H24ClFIN5O. The number of rotatable bonds is 6. The summed E-state index contributed by atoms with van der Waals surface area (Å²) in [7, 11) is 5.53. The van der Waals surface area contributed by atoms with E-state index in [1.807, 2.05) is 35.8 Å². The maximum atomic E-state index is 13.6. The number of hydrogen-bond acceptors (Lipinski definition) is 2. The van der Waals surface area contributed by atoms with E-state index >= 15 is 0 Å². The Labute approximate surface area is 180 Å². The number of hydrogen-bond donors (Lipinski definition) is 2. The van der Waals surface area contributed by atoms with Crippen LogP contribution in [-0.4, -0.2) is 48.5 Å². The standard InChI is InChI=1S/C18H23ClFN5O.HI/c1-21-18(25(3)12-14-10-13(19)11-24(14)2)23-9-8-22-17(26)15-6-4-5-7-16(15)20;/h4-7,10-11H,8-9,12H2,1-3H3,(H,21,23)(H,22,26);1H. The van der Waals surface area contributed by atoms with Crippen LogP contribution >= 0.6 is 35.6 Å². The summed E-state index contributed by atoms with van der Waals surface area (Å²) in [6, 6.07) is 7.80. The zero-order valence-electron chi connectivity index (χ0n) is 15.5. The van der Waals surface area contributed by atoms with Gasteiger partial charge in [-0.3, -0.25) is 9.79 Å². The van der Waals surface area contributed by atoms with Gasteiger partial charge in [0.25, 0.3) is 5.91 Å². The van der Waals surface area contributed by atoms with Crippen molar-refractivity contribution < 1.29 is 9.18 Å². The van der Waals surface area contributed by atoms with Crippen LogP contribution in [0.3, 0.4) is 0 Å². The van der Waals surface area contributed by atoms with Gasteiger partial charge in [0.1, 0.15) is 5.82 Å². The van der Waals surface area contributed by atoms with Crippen molar-refractivity contribution in [1.82, 2.24) is 20.1 Å². The molecule has 0 unspecified atom stereocenters. The van der Waals surface area contributed by atoms with Gasteiger partial charge in [0, 0.05) is 46.1 Å². The third-order valence-electron chi connectivity index (χ3n) is 3.86. The Bertz CT molecular complexity index is 796. The quantitative estimate of drug-likeness (QED) is 0.274. The first kappa shape index (κ1) is 23.2. The highest BCUT2D eigenvalue weighted by molar-refractivity contribution is 14.0. The van der Waals surface area contributed by atoms with Crippen molar-refractivity contribution in [2.75, 3.05) is 27.2 Å². The molecule has 6 nitrogen and oxygen atoms in total. The van der Waals surface area contributed by atoms with E-state index < -0.39 is 11.7 Å². The number of aromatic nitrogens is 1. The molecule has 1 heterocycles. The molecule has 1 aromatic carbocycles. The molecule has 9 heteroatoms. The van der Waals surface area contributed by atoms with Crippen LogP contribution in [0.1, 0.15) is 16.1 Å². The molecule has 2 aromatic rings. The number of halogens is 3. The van der Waals surface area contributed by atoms with Crippen molar-refractivity contribution in [2.45, 2.75) is 6.54 Å². The van der Waals surface area contributed by atoms with Crippen LogP contribution in [0.4, 0.5) is 4.39 Å². The number of amides is 1. The zero-order valence-corrected chi connectivity index (χ0v) is 18.6. The molecule has 148 valence electrons. The second-order valence-electron chi connectivity index (χ2n) is 5.83. The molecule has 1 aromatic heterocycles. The summed E-state index contributed by atoms with van der Waals surface area (Å²) in [5, 5.41) is 6.54.